The highest BCUT2D eigenvalue weighted by atomic mass is 32.3. The molecule has 2 unspecified atom stereocenters. The first-order valence-electron chi connectivity index (χ1n) is 14.5. The first-order chi connectivity index (χ1) is 17.9. The molecule has 3 saturated carbocycles. The summed E-state index contributed by atoms with van der Waals surface area (Å²) in [6.45, 7) is 1.66. The van der Waals surface area contributed by atoms with Gasteiger partial charge in [-0.15, -0.1) is 0 Å². The van der Waals surface area contributed by atoms with E-state index in [1.807, 2.05) is 0 Å². The minimum Gasteiger partial charge on any atom is -0.480 e. The molecule has 3 fully saturated rings. The molecule has 0 aromatic rings. The number of carbonyl (C=O) groups excluding carboxylic acids is 1. The summed E-state index contributed by atoms with van der Waals surface area (Å²) in [4.78, 5) is 22.7. The number of carboxylic acids is 1. The van der Waals surface area contributed by atoms with Crippen molar-refractivity contribution in [2.75, 3.05) is 6.54 Å². The molecule has 192 valence electrons. The van der Waals surface area contributed by atoms with Crippen LogP contribution < -0.4 is 5.32 Å². The van der Waals surface area contributed by atoms with E-state index in [0.29, 0.717) is 18.8 Å². The lowest BCUT2D eigenvalue weighted by atomic mass is 9.55. The zero-order chi connectivity index (χ0) is 29.1. The van der Waals surface area contributed by atoms with Crippen molar-refractivity contribution in [3.05, 3.63) is 11.6 Å². The van der Waals surface area contributed by atoms with Gasteiger partial charge in [0.2, 0.25) is 5.91 Å². The molecule has 0 saturated heterocycles. The van der Waals surface area contributed by atoms with Gasteiger partial charge in [-0.3, -0.25) is 14.1 Å². The summed E-state index contributed by atoms with van der Waals surface area (Å²) in [7, 11) is -5.35. The Morgan fingerprint density at radius 3 is 2.65 bits per heavy atom. The predicted octanol–water partition coefficient (Wildman–Crippen LogP) is 2.56. The number of carbonyl (C=O) groups is 2. The zero-order valence-electron chi connectivity index (χ0n) is 24.1. The van der Waals surface area contributed by atoms with Crippen LogP contribution in [0.15, 0.2) is 11.6 Å². The summed E-state index contributed by atoms with van der Waals surface area (Å²) in [5.41, 5.74) is -0.0567. The molecule has 0 aromatic heterocycles. The van der Waals surface area contributed by atoms with Crippen molar-refractivity contribution < 1.29 is 43.8 Å². The Kier molecular flexibility index (Phi) is 5.93. The number of amides is 1. The van der Waals surface area contributed by atoms with E-state index in [9.17, 15) is 27.7 Å². The molecule has 34 heavy (non-hydrogen) atoms. The fourth-order valence-electron chi connectivity index (χ4n) is 7.03. The van der Waals surface area contributed by atoms with Gasteiger partial charge in [-0.25, -0.2) is 4.18 Å². The topological polar surface area (TPSA) is 150 Å². The largest absolute Gasteiger partial charge is 0.480 e. The van der Waals surface area contributed by atoms with Gasteiger partial charge in [0.15, 0.2) is 0 Å². The van der Waals surface area contributed by atoms with Crippen molar-refractivity contribution >= 4 is 22.3 Å². The molecular formula is C24H37NO8S. The number of carboxylic acid groups (broad SMARTS) is 1. The van der Waals surface area contributed by atoms with Crippen LogP contribution in [0, 0.1) is 41.4 Å². The molecule has 4 aliphatic rings. The first-order valence-corrected chi connectivity index (χ1v) is 13.3. The van der Waals surface area contributed by atoms with E-state index in [-0.39, 0.29) is 53.9 Å². The summed E-state index contributed by atoms with van der Waals surface area (Å²) in [6.07, 6.45) is -5.19. The third-order valence-corrected chi connectivity index (χ3v) is 8.72. The Morgan fingerprint density at radius 1 is 1.24 bits per heavy atom. The minimum absolute atomic E-state index is 0.0567. The predicted molar refractivity (Wildman–Crippen MR) is 123 cm³/mol. The molecular weight excluding hydrogens is 462 g/mol. The molecule has 4 aliphatic carbocycles. The maximum atomic E-state index is 12.0. The van der Waals surface area contributed by atoms with Crippen LogP contribution in [-0.4, -0.2) is 53.8 Å². The highest BCUT2D eigenvalue weighted by molar-refractivity contribution is 7.80. The smallest absolute Gasteiger partial charge is 0.397 e. The second kappa shape index (κ2) is 10.2. The number of fused-ring (bicyclic) bond motifs is 5. The average molecular weight is 505 g/mol. The normalized spacial score (nSPS) is 45.4. The molecule has 0 aromatic carbocycles. The van der Waals surface area contributed by atoms with Crippen molar-refractivity contribution in [3.8, 4) is 0 Å². The molecule has 0 bridgehead atoms. The molecule has 4 N–H and O–H groups in total. The number of hydrogen-bond acceptors (Lipinski definition) is 6. The average Bonchev–Trinajstić information content (AvgIpc) is 3.24. The van der Waals surface area contributed by atoms with E-state index in [1.165, 1.54) is 6.08 Å². The van der Waals surface area contributed by atoms with Gasteiger partial charge in [0, 0.05) is 11.9 Å². The maximum absolute atomic E-state index is 12.0. The number of rotatable bonds is 8. The van der Waals surface area contributed by atoms with E-state index < -0.39 is 53.8 Å². The van der Waals surface area contributed by atoms with Gasteiger partial charge in [0.1, 0.15) is 6.54 Å². The molecule has 4 rings (SSSR count). The molecule has 0 heterocycles. The SMILES string of the molecule is [2H]C1([2H])C[C@H]2C(=C[C@@H](O)[C@@H]3C2CC[C@@H]2C([C@H](C)CCC(=O)NCC(=O)O)CC[C@@H]32)C([2H])([2H])[C@@]1([2H])OS(=O)(=O)O. The molecule has 10 heteroatoms. The summed E-state index contributed by atoms with van der Waals surface area (Å²) in [5.74, 6) is -1.73. The lowest BCUT2D eigenvalue weighted by Crippen LogP contribution is -2.48. The fraction of sp³-hybridized carbons (Fsp3) is 0.833. The number of aliphatic carboxylic acids is 1. The molecule has 1 amide bonds. The van der Waals surface area contributed by atoms with Gasteiger partial charge < -0.3 is 15.5 Å². The second-order valence-corrected chi connectivity index (χ2v) is 11.2. The Hall–Kier alpha value is -1.49. The van der Waals surface area contributed by atoms with Gasteiger partial charge in [-0.1, -0.05) is 18.6 Å². The van der Waals surface area contributed by atoms with Crippen molar-refractivity contribution in [2.45, 2.75) is 76.8 Å². The Balaban J connectivity index is 1.53. The third-order valence-electron chi connectivity index (χ3n) is 8.34. The molecule has 0 radical (unpaired) electrons. The Bertz CT molecular complexity index is 1130. The van der Waals surface area contributed by atoms with E-state index in [4.69, 9.17) is 12.0 Å². The summed E-state index contributed by atoms with van der Waals surface area (Å²) in [5, 5.41) is 22.4. The van der Waals surface area contributed by atoms with Gasteiger partial charge in [0.25, 0.3) is 0 Å². The van der Waals surface area contributed by atoms with Crippen molar-refractivity contribution in [1.82, 2.24) is 5.32 Å². The van der Waals surface area contributed by atoms with Crippen LogP contribution in [0.25, 0.3) is 0 Å². The number of hydrogen-bond donors (Lipinski definition) is 4. The molecule has 9 atom stereocenters. The standard InChI is InChI=1S/C24H37NO8S/c1-13(2-9-22(27)25-12-23(28)29)16-5-7-20-18(16)6-8-19-17-4-3-15(33-34(30,31)32)10-14(17)11-21(26)24(19)20/h11,13,15-21,24,26H,2-10,12H2,1H3,(H,25,27)(H,28,29)(H,30,31,32)/t13-,15+,16?,17+,18-,19?,20-,21-,24-/m1/s1/i3D2,10D2,15D. The molecule has 9 nitrogen and oxygen atoms in total. The van der Waals surface area contributed by atoms with Crippen LogP contribution in [0.2, 0.25) is 0 Å². The third kappa shape index (κ3) is 5.66. The highest BCUT2D eigenvalue weighted by Gasteiger charge is 2.53. The van der Waals surface area contributed by atoms with Crippen molar-refractivity contribution in [3.63, 3.8) is 0 Å². The Labute approximate surface area is 208 Å². The fourth-order valence-corrected chi connectivity index (χ4v) is 7.34. The van der Waals surface area contributed by atoms with E-state index in [2.05, 4.69) is 16.4 Å². The van der Waals surface area contributed by atoms with Crippen LogP contribution >= 0.6 is 0 Å². The van der Waals surface area contributed by atoms with E-state index in [1.54, 1.807) is 0 Å². The van der Waals surface area contributed by atoms with E-state index >= 15 is 0 Å². The number of aliphatic hydroxyl groups is 1. The van der Waals surface area contributed by atoms with Crippen molar-refractivity contribution in [1.29, 1.82) is 0 Å². The summed E-state index contributed by atoms with van der Waals surface area (Å²) >= 11 is 0. The summed E-state index contributed by atoms with van der Waals surface area (Å²) in [6, 6.07) is 0. The van der Waals surface area contributed by atoms with Crippen LogP contribution in [0.4, 0.5) is 0 Å². The highest BCUT2D eigenvalue weighted by Crippen LogP contribution is 2.59. The lowest BCUT2D eigenvalue weighted by molar-refractivity contribution is -0.138. The Morgan fingerprint density at radius 2 is 1.94 bits per heavy atom. The zero-order valence-corrected chi connectivity index (χ0v) is 20.0. The lowest BCUT2D eigenvalue weighted by Gasteiger charge is -2.51. The first kappa shape index (κ1) is 19.7. The maximum Gasteiger partial charge on any atom is 0.397 e. The van der Waals surface area contributed by atoms with Crippen LogP contribution in [0.5, 0.6) is 0 Å². The monoisotopic (exact) mass is 504 g/mol. The van der Waals surface area contributed by atoms with Gasteiger partial charge in [0.05, 0.1) is 13.6 Å². The van der Waals surface area contributed by atoms with Gasteiger partial charge in [-0.05, 0) is 92.7 Å². The summed E-state index contributed by atoms with van der Waals surface area (Å²) < 4.78 is 79.0. The second-order valence-electron chi connectivity index (χ2n) is 10.1. The number of aliphatic hydroxyl groups excluding tert-OH is 1. The van der Waals surface area contributed by atoms with Crippen LogP contribution in [0.1, 0.15) is 71.5 Å². The van der Waals surface area contributed by atoms with E-state index in [0.717, 1.165) is 19.3 Å². The number of nitrogens with one attached hydrogen (secondary N) is 1. The quantitative estimate of drug-likeness (QED) is 0.291. The molecule has 0 aliphatic heterocycles. The van der Waals surface area contributed by atoms with Crippen molar-refractivity contribution in [2.24, 2.45) is 41.4 Å². The van der Waals surface area contributed by atoms with Crippen LogP contribution in [0.3, 0.4) is 0 Å². The van der Waals surface area contributed by atoms with Gasteiger partial charge in [-0.2, -0.15) is 8.42 Å². The van der Waals surface area contributed by atoms with Crippen LogP contribution in [-0.2, 0) is 24.2 Å². The molecule has 0 spiro atoms. The minimum atomic E-state index is -5.35. The van der Waals surface area contributed by atoms with Gasteiger partial charge >= 0.3 is 16.4 Å².